The van der Waals surface area contributed by atoms with Crippen LogP contribution in [-0.4, -0.2) is 19.3 Å². The van der Waals surface area contributed by atoms with Crippen LogP contribution in [0.4, 0.5) is 13.2 Å². The van der Waals surface area contributed by atoms with Gasteiger partial charge in [0.25, 0.3) is 0 Å². The van der Waals surface area contributed by atoms with Crippen LogP contribution in [0.2, 0.25) is 0 Å². The lowest BCUT2D eigenvalue weighted by atomic mass is 9.90. The zero-order valence-corrected chi connectivity index (χ0v) is 17.9. The summed E-state index contributed by atoms with van der Waals surface area (Å²) < 4.78 is 54.5. The molecule has 0 amide bonds. The third-order valence-electron chi connectivity index (χ3n) is 5.88. The summed E-state index contributed by atoms with van der Waals surface area (Å²) in [6.07, 6.45) is 3.52. The molecule has 0 bridgehead atoms. The Morgan fingerprint density at radius 2 is 1.66 bits per heavy atom. The van der Waals surface area contributed by atoms with E-state index in [0.717, 1.165) is 24.0 Å². The van der Waals surface area contributed by atoms with E-state index < -0.39 is 11.6 Å². The van der Waals surface area contributed by atoms with Crippen LogP contribution in [0.15, 0.2) is 67.3 Å². The van der Waals surface area contributed by atoms with Gasteiger partial charge in [0.15, 0.2) is 11.6 Å². The third kappa shape index (κ3) is 4.58. The van der Waals surface area contributed by atoms with E-state index in [1.807, 2.05) is 19.1 Å². The molecular formula is C27H25F3O2. The first-order chi connectivity index (χ1) is 15.5. The summed E-state index contributed by atoms with van der Waals surface area (Å²) in [5.74, 6) is -2.35. The molecule has 32 heavy (non-hydrogen) atoms. The van der Waals surface area contributed by atoms with Gasteiger partial charge in [-0.15, -0.1) is 0 Å². The highest BCUT2D eigenvalue weighted by Gasteiger charge is 2.23. The Morgan fingerprint density at radius 1 is 0.938 bits per heavy atom. The van der Waals surface area contributed by atoms with E-state index in [9.17, 15) is 13.2 Å². The van der Waals surface area contributed by atoms with Crippen molar-refractivity contribution < 1.29 is 22.6 Å². The lowest BCUT2D eigenvalue weighted by Crippen LogP contribution is -2.22. The Kier molecular flexibility index (Phi) is 6.66. The largest absolute Gasteiger partial charge is 0.486 e. The Morgan fingerprint density at radius 3 is 2.31 bits per heavy atom. The molecule has 0 saturated carbocycles. The van der Waals surface area contributed by atoms with Crippen molar-refractivity contribution in [1.82, 2.24) is 0 Å². The first kappa shape index (κ1) is 22.2. The summed E-state index contributed by atoms with van der Waals surface area (Å²) in [4.78, 5) is 0. The zero-order valence-electron chi connectivity index (χ0n) is 17.9. The van der Waals surface area contributed by atoms with Crippen LogP contribution >= 0.6 is 0 Å². The van der Waals surface area contributed by atoms with Crippen LogP contribution in [0.25, 0.3) is 22.3 Å². The molecule has 0 spiro atoms. The highest BCUT2D eigenvalue weighted by atomic mass is 19.2. The summed E-state index contributed by atoms with van der Waals surface area (Å²) in [6, 6.07) is 15.0. The van der Waals surface area contributed by atoms with Gasteiger partial charge in [-0.2, -0.15) is 4.39 Å². The number of hydrogen-bond donors (Lipinski definition) is 0. The SMILES string of the molecule is C=CCOc1ccc(-c2ccc(-c3ccc(C4CCC(C)OC4)c(F)c3)cc2)c(F)c1F. The van der Waals surface area contributed by atoms with E-state index in [1.54, 1.807) is 24.3 Å². The maximum absolute atomic E-state index is 14.8. The summed E-state index contributed by atoms with van der Waals surface area (Å²) in [7, 11) is 0. The molecule has 1 saturated heterocycles. The van der Waals surface area contributed by atoms with Gasteiger partial charge in [0, 0.05) is 11.5 Å². The first-order valence-corrected chi connectivity index (χ1v) is 10.7. The molecule has 3 aromatic rings. The molecule has 0 radical (unpaired) electrons. The van der Waals surface area contributed by atoms with Crippen LogP contribution in [0.5, 0.6) is 5.75 Å². The van der Waals surface area contributed by atoms with Crippen molar-refractivity contribution in [3.63, 3.8) is 0 Å². The monoisotopic (exact) mass is 438 g/mol. The molecule has 1 heterocycles. The molecule has 1 aliphatic heterocycles. The van der Waals surface area contributed by atoms with Gasteiger partial charge in [0.05, 0.1) is 12.7 Å². The molecule has 3 aromatic carbocycles. The van der Waals surface area contributed by atoms with Crippen LogP contribution < -0.4 is 4.74 Å². The molecule has 0 N–H and O–H groups in total. The molecule has 0 aromatic heterocycles. The normalized spacial score (nSPS) is 18.4. The molecule has 1 aliphatic rings. The van der Waals surface area contributed by atoms with E-state index >= 15 is 0 Å². The average molecular weight is 438 g/mol. The van der Waals surface area contributed by atoms with Gasteiger partial charge in [0.2, 0.25) is 5.82 Å². The number of ether oxygens (including phenoxy) is 2. The summed E-state index contributed by atoms with van der Waals surface area (Å²) >= 11 is 0. The minimum atomic E-state index is -1.04. The minimum Gasteiger partial charge on any atom is -0.486 e. The van der Waals surface area contributed by atoms with E-state index in [4.69, 9.17) is 9.47 Å². The molecule has 4 rings (SSSR count). The highest BCUT2D eigenvalue weighted by Crippen LogP contribution is 2.34. The Labute approximate surface area is 186 Å². The number of rotatable bonds is 6. The smallest absolute Gasteiger partial charge is 0.201 e. The van der Waals surface area contributed by atoms with Gasteiger partial charge < -0.3 is 9.47 Å². The van der Waals surface area contributed by atoms with Crippen molar-refractivity contribution in [2.24, 2.45) is 0 Å². The van der Waals surface area contributed by atoms with Crippen LogP contribution in [0, 0.1) is 17.5 Å². The van der Waals surface area contributed by atoms with E-state index in [-0.39, 0.29) is 35.8 Å². The van der Waals surface area contributed by atoms with E-state index in [1.165, 1.54) is 24.3 Å². The molecule has 166 valence electrons. The minimum absolute atomic E-state index is 0.0685. The van der Waals surface area contributed by atoms with Crippen molar-refractivity contribution in [3.05, 3.63) is 90.3 Å². The standard InChI is InChI=1S/C27H25F3O2/c1-3-14-31-25-13-12-23(26(29)27(25)30)19-8-6-18(7-9-19)20-10-11-22(24(28)15-20)21-5-4-17(2)32-16-21/h3,6-13,15,17,21H,1,4-5,14,16H2,2H3. The van der Waals surface area contributed by atoms with Crippen LogP contribution in [0.1, 0.15) is 31.2 Å². The van der Waals surface area contributed by atoms with Crippen molar-refractivity contribution in [2.45, 2.75) is 31.8 Å². The Balaban J connectivity index is 1.55. The molecular weight excluding hydrogens is 413 g/mol. The molecule has 2 unspecified atom stereocenters. The second-order valence-corrected chi connectivity index (χ2v) is 8.07. The van der Waals surface area contributed by atoms with Crippen LogP contribution in [-0.2, 0) is 4.74 Å². The fraction of sp³-hybridized carbons (Fsp3) is 0.259. The van der Waals surface area contributed by atoms with Gasteiger partial charge in [-0.05, 0) is 60.2 Å². The van der Waals surface area contributed by atoms with E-state index in [2.05, 4.69) is 6.58 Å². The van der Waals surface area contributed by atoms with Crippen molar-refractivity contribution in [3.8, 4) is 28.0 Å². The molecule has 1 fully saturated rings. The van der Waals surface area contributed by atoms with E-state index in [0.29, 0.717) is 17.7 Å². The lowest BCUT2D eigenvalue weighted by Gasteiger charge is -2.27. The second-order valence-electron chi connectivity index (χ2n) is 8.07. The van der Waals surface area contributed by atoms with Gasteiger partial charge in [-0.1, -0.05) is 49.1 Å². The average Bonchev–Trinajstić information content (AvgIpc) is 2.81. The summed E-state index contributed by atoms with van der Waals surface area (Å²) in [5.41, 5.74) is 2.84. The maximum Gasteiger partial charge on any atom is 0.201 e. The second kappa shape index (κ2) is 9.61. The van der Waals surface area contributed by atoms with Gasteiger partial charge in [0.1, 0.15) is 12.4 Å². The number of halogens is 3. The number of benzene rings is 3. The third-order valence-corrected chi connectivity index (χ3v) is 5.88. The zero-order chi connectivity index (χ0) is 22.7. The Bertz CT molecular complexity index is 1100. The summed E-state index contributed by atoms with van der Waals surface area (Å²) in [5, 5.41) is 0. The lowest BCUT2D eigenvalue weighted by molar-refractivity contribution is 0.0148. The van der Waals surface area contributed by atoms with Crippen molar-refractivity contribution >= 4 is 0 Å². The predicted molar refractivity (Wildman–Crippen MR) is 120 cm³/mol. The first-order valence-electron chi connectivity index (χ1n) is 10.7. The molecule has 5 heteroatoms. The fourth-order valence-corrected chi connectivity index (χ4v) is 4.02. The molecule has 2 atom stereocenters. The number of hydrogen-bond acceptors (Lipinski definition) is 2. The van der Waals surface area contributed by atoms with Gasteiger partial charge in [-0.25, -0.2) is 8.78 Å². The predicted octanol–water partition coefficient (Wildman–Crippen LogP) is 7.29. The summed E-state index contributed by atoms with van der Waals surface area (Å²) in [6.45, 7) is 6.15. The van der Waals surface area contributed by atoms with Gasteiger partial charge in [-0.3, -0.25) is 0 Å². The Hall–Kier alpha value is -3.05. The highest BCUT2D eigenvalue weighted by molar-refractivity contribution is 5.71. The topological polar surface area (TPSA) is 18.5 Å². The molecule has 2 nitrogen and oxygen atoms in total. The van der Waals surface area contributed by atoms with Crippen molar-refractivity contribution in [2.75, 3.05) is 13.2 Å². The fourth-order valence-electron chi connectivity index (χ4n) is 4.02. The van der Waals surface area contributed by atoms with Crippen LogP contribution in [0.3, 0.4) is 0 Å². The van der Waals surface area contributed by atoms with Crippen molar-refractivity contribution in [1.29, 1.82) is 0 Å². The quantitative estimate of drug-likeness (QED) is 0.376. The molecule has 0 aliphatic carbocycles. The maximum atomic E-state index is 14.8. The van der Waals surface area contributed by atoms with Gasteiger partial charge >= 0.3 is 0 Å².